The molecule has 2 rings (SSSR count). The molecule has 4 N–H and O–H groups in total. The van der Waals surface area contributed by atoms with Gasteiger partial charge >= 0.3 is 48.0 Å². The van der Waals surface area contributed by atoms with Crippen LogP contribution in [-0.4, -0.2) is 77.2 Å². The standard InChI is InChI=1S/C9H9BrFN3.2C4HF7O2/c10-6-2-1-3-7(11)8(6)14-9-12-4-5-13-9;2*5-2(6,1(12)13)3(7,8)4(9,10)11/h1-3H,4-5H2,(H2,12,13,14);2*(H,12,13). The van der Waals surface area contributed by atoms with Crippen molar-refractivity contribution in [3.63, 3.8) is 0 Å². The zero-order chi connectivity index (χ0) is 32.1. The van der Waals surface area contributed by atoms with Crippen LogP contribution in [-0.2, 0) is 9.59 Å². The Kier molecular flexibility index (Phi) is 11.6. The van der Waals surface area contributed by atoms with Crippen LogP contribution in [0.1, 0.15) is 0 Å². The lowest BCUT2D eigenvalue weighted by molar-refractivity contribution is -0.347. The predicted molar refractivity (Wildman–Crippen MR) is 105 cm³/mol. The number of carbonyl (C=O) groups is 2. The molecule has 230 valence electrons. The molecule has 7 nitrogen and oxygen atoms in total. The van der Waals surface area contributed by atoms with Gasteiger partial charge in [-0.3, -0.25) is 4.99 Å². The Balaban J connectivity index is 0.000000572. The molecule has 0 spiro atoms. The average molecular weight is 686 g/mol. The van der Waals surface area contributed by atoms with Gasteiger partial charge in [-0.05, 0) is 28.1 Å². The highest BCUT2D eigenvalue weighted by Gasteiger charge is 2.77. The number of halogens is 16. The first-order valence-corrected chi connectivity index (χ1v) is 10.1. The molecule has 0 aliphatic carbocycles. The van der Waals surface area contributed by atoms with Crippen molar-refractivity contribution in [3.05, 3.63) is 28.5 Å². The van der Waals surface area contributed by atoms with E-state index in [0.29, 0.717) is 16.1 Å². The molecule has 40 heavy (non-hydrogen) atoms. The molecule has 1 heterocycles. The van der Waals surface area contributed by atoms with E-state index in [9.17, 15) is 75.4 Å². The number of guanidine groups is 1. The molecule has 23 heteroatoms. The Morgan fingerprint density at radius 1 is 0.800 bits per heavy atom. The maximum Gasteiger partial charge on any atom is 0.460 e. The van der Waals surface area contributed by atoms with Crippen LogP contribution in [0.4, 0.5) is 71.5 Å². The van der Waals surface area contributed by atoms with Crippen molar-refractivity contribution in [2.24, 2.45) is 4.99 Å². The minimum absolute atomic E-state index is 0.296. The summed E-state index contributed by atoms with van der Waals surface area (Å²) in [5, 5.41) is 20.7. The molecule has 0 fully saturated rings. The summed E-state index contributed by atoms with van der Waals surface area (Å²) >= 11 is 3.27. The van der Waals surface area contributed by atoms with Crippen molar-refractivity contribution < 1.29 is 85.7 Å². The molecule has 1 aromatic carbocycles. The fraction of sp³-hybridized carbons (Fsp3) is 0.471. The van der Waals surface area contributed by atoms with E-state index in [4.69, 9.17) is 10.2 Å². The summed E-state index contributed by atoms with van der Waals surface area (Å²) in [6, 6.07) is 4.83. The summed E-state index contributed by atoms with van der Waals surface area (Å²) in [5.41, 5.74) is 0.417. The van der Waals surface area contributed by atoms with Crippen LogP contribution >= 0.6 is 15.9 Å². The number of anilines is 1. The summed E-state index contributed by atoms with van der Waals surface area (Å²) in [4.78, 5) is 22.9. The van der Waals surface area contributed by atoms with E-state index < -0.39 is 48.0 Å². The quantitative estimate of drug-likeness (QED) is 0.293. The average Bonchev–Trinajstić information content (AvgIpc) is 3.28. The van der Waals surface area contributed by atoms with Crippen molar-refractivity contribution >= 4 is 39.5 Å². The lowest BCUT2D eigenvalue weighted by Gasteiger charge is -2.24. The van der Waals surface area contributed by atoms with Crippen LogP contribution in [0.15, 0.2) is 27.7 Å². The van der Waals surface area contributed by atoms with Gasteiger partial charge in [0.05, 0.1) is 12.2 Å². The van der Waals surface area contributed by atoms with Gasteiger partial charge in [0.2, 0.25) is 0 Å². The number of carboxylic acids is 2. The van der Waals surface area contributed by atoms with Crippen LogP contribution in [0.2, 0.25) is 0 Å². The van der Waals surface area contributed by atoms with Gasteiger partial charge in [0, 0.05) is 11.0 Å². The van der Waals surface area contributed by atoms with Crippen molar-refractivity contribution in [3.8, 4) is 0 Å². The first-order chi connectivity index (χ1) is 17.7. The smallest absolute Gasteiger partial charge is 0.460 e. The minimum atomic E-state index is -6.60. The number of benzene rings is 1. The second-order valence-electron chi connectivity index (χ2n) is 6.78. The van der Waals surface area contributed by atoms with Gasteiger partial charge in [-0.1, -0.05) is 6.07 Å². The molecule has 0 saturated heterocycles. The first kappa shape index (κ1) is 36.9. The Morgan fingerprint density at radius 2 is 1.20 bits per heavy atom. The Bertz CT molecular complexity index is 1020. The first-order valence-electron chi connectivity index (χ1n) is 9.27. The number of nitrogens with one attached hydrogen (secondary N) is 2. The second kappa shape index (κ2) is 12.6. The normalized spacial score (nSPS) is 14.6. The molecular weight excluding hydrogens is 675 g/mol. The van der Waals surface area contributed by atoms with Crippen LogP contribution in [0.3, 0.4) is 0 Å². The largest absolute Gasteiger partial charge is 0.477 e. The molecule has 0 bridgehead atoms. The maximum absolute atomic E-state index is 13.3. The van der Waals surface area contributed by atoms with E-state index >= 15 is 0 Å². The summed E-state index contributed by atoms with van der Waals surface area (Å²) < 4.78 is 175. The number of para-hydroxylation sites is 1. The van der Waals surface area contributed by atoms with Crippen LogP contribution < -0.4 is 10.6 Å². The highest BCUT2D eigenvalue weighted by molar-refractivity contribution is 9.10. The summed E-state index contributed by atoms with van der Waals surface area (Å²) in [6.07, 6.45) is -13.2. The third-order valence-corrected chi connectivity index (χ3v) is 4.58. The molecule has 0 radical (unpaired) electrons. The third kappa shape index (κ3) is 8.19. The molecule has 1 aliphatic heterocycles. The summed E-state index contributed by atoms with van der Waals surface area (Å²) in [5.74, 6) is -32.2. The molecular formula is C17H11BrF15N3O4. The van der Waals surface area contributed by atoms with E-state index in [0.717, 1.165) is 13.1 Å². The SMILES string of the molecule is Fc1cccc(Br)c1NC1=NCCN1.O=C(O)C(F)(F)C(F)(F)C(F)(F)F.O=C(O)C(F)(F)C(F)(F)C(F)(F)F. The second-order valence-corrected chi connectivity index (χ2v) is 7.64. The number of carboxylic acid groups (broad SMARTS) is 2. The zero-order valence-corrected chi connectivity index (χ0v) is 19.9. The molecule has 1 aliphatic rings. The minimum Gasteiger partial charge on any atom is -0.477 e. The molecule has 0 unspecified atom stereocenters. The Hall–Kier alpha value is -3.14. The van der Waals surface area contributed by atoms with Crippen LogP contribution in [0, 0.1) is 5.82 Å². The van der Waals surface area contributed by atoms with E-state index in [1.165, 1.54) is 6.07 Å². The number of aliphatic carboxylic acids is 2. The number of hydrogen-bond donors (Lipinski definition) is 4. The number of nitrogens with zero attached hydrogens (tertiary/aromatic N) is 1. The monoisotopic (exact) mass is 685 g/mol. The number of aliphatic imine (C=N–C) groups is 1. The maximum atomic E-state index is 13.3. The van der Waals surface area contributed by atoms with Gasteiger partial charge in [-0.25, -0.2) is 14.0 Å². The van der Waals surface area contributed by atoms with Gasteiger partial charge < -0.3 is 20.8 Å². The fourth-order valence-electron chi connectivity index (χ4n) is 1.84. The van der Waals surface area contributed by atoms with Gasteiger partial charge in [-0.15, -0.1) is 0 Å². The number of rotatable bonds is 5. The van der Waals surface area contributed by atoms with Crippen molar-refractivity contribution in [2.75, 3.05) is 18.4 Å². The van der Waals surface area contributed by atoms with E-state index in [1.807, 2.05) is 0 Å². The lowest BCUT2D eigenvalue weighted by atomic mass is 10.1. The molecule has 0 amide bonds. The van der Waals surface area contributed by atoms with Crippen molar-refractivity contribution in [2.45, 2.75) is 36.0 Å². The van der Waals surface area contributed by atoms with Gasteiger partial charge in [-0.2, -0.15) is 61.5 Å². The highest BCUT2D eigenvalue weighted by Crippen LogP contribution is 2.47. The highest BCUT2D eigenvalue weighted by atomic mass is 79.9. The topological polar surface area (TPSA) is 111 Å². The fourth-order valence-corrected chi connectivity index (χ4v) is 2.28. The summed E-state index contributed by atoms with van der Waals surface area (Å²) in [6.45, 7) is 1.53. The molecule has 1 aromatic rings. The van der Waals surface area contributed by atoms with Crippen molar-refractivity contribution in [1.82, 2.24) is 5.32 Å². The molecule has 0 saturated carbocycles. The summed E-state index contributed by atoms with van der Waals surface area (Å²) in [7, 11) is 0. The number of hydrogen-bond acceptors (Lipinski definition) is 5. The number of alkyl halides is 14. The lowest BCUT2D eigenvalue weighted by Crippen LogP contribution is -2.56. The van der Waals surface area contributed by atoms with Crippen LogP contribution in [0.5, 0.6) is 0 Å². The van der Waals surface area contributed by atoms with Gasteiger partial charge in [0.25, 0.3) is 0 Å². The molecule has 0 atom stereocenters. The predicted octanol–water partition coefficient (Wildman–Crippen LogP) is 5.77. The van der Waals surface area contributed by atoms with E-state index in [1.54, 1.807) is 12.1 Å². The Morgan fingerprint density at radius 3 is 1.45 bits per heavy atom. The van der Waals surface area contributed by atoms with Crippen molar-refractivity contribution in [1.29, 1.82) is 0 Å². The van der Waals surface area contributed by atoms with E-state index in [2.05, 4.69) is 31.6 Å². The third-order valence-electron chi connectivity index (χ3n) is 3.92. The van der Waals surface area contributed by atoms with Crippen LogP contribution in [0.25, 0.3) is 0 Å². The van der Waals surface area contributed by atoms with E-state index in [-0.39, 0.29) is 5.82 Å². The Labute approximate surface area is 219 Å². The molecule has 0 aromatic heterocycles. The zero-order valence-electron chi connectivity index (χ0n) is 18.4. The van der Waals surface area contributed by atoms with Gasteiger partial charge in [0.15, 0.2) is 5.96 Å². The van der Waals surface area contributed by atoms with Gasteiger partial charge in [0.1, 0.15) is 5.82 Å².